The van der Waals surface area contributed by atoms with E-state index >= 15 is 0 Å². The highest BCUT2D eigenvalue weighted by atomic mass is 16.3. The molecule has 25 heavy (non-hydrogen) atoms. The Morgan fingerprint density at radius 3 is 2.60 bits per heavy atom. The molecule has 2 aromatic carbocycles. The lowest BCUT2D eigenvalue weighted by Gasteiger charge is -2.15. The zero-order valence-electron chi connectivity index (χ0n) is 14.1. The van der Waals surface area contributed by atoms with Gasteiger partial charge >= 0.3 is 0 Å². The number of benzene rings is 2. The van der Waals surface area contributed by atoms with Crippen molar-refractivity contribution >= 4 is 16.8 Å². The summed E-state index contributed by atoms with van der Waals surface area (Å²) >= 11 is 0. The fourth-order valence-electron chi connectivity index (χ4n) is 3.66. The molecule has 0 aliphatic carbocycles. The maximum Gasteiger partial charge on any atom is 0.256 e. The van der Waals surface area contributed by atoms with Gasteiger partial charge in [0.1, 0.15) is 0 Å². The second-order valence-corrected chi connectivity index (χ2v) is 6.76. The number of aliphatic hydroxyl groups is 1. The van der Waals surface area contributed by atoms with Crippen molar-refractivity contribution in [3.63, 3.8) is 0 Å². The topological polar surface area (TPSA) is 45.5 Å². The lowest BCUT2D eigenvalue weighted by molar-refractivity contribution is 0.0783. The smallest absolute Gasteiger partial charge is 0.256 e. The molecule has 1 atom stereocenters. The molecule has 1 aliphatic rings. The monoisotopic (exact) mass is 334 g/mol. The van der Waals surface area contributed by atoms with Crippen LogP contribution >= 0.6 is 0 Å². The average molecular weight is 334 g/mol. The fraction of sp³-hybridized carbons (Fsp3) is 0.286. The molecule has 3 aromatic rings. The summed E-state index contributed by atoms with van der Waals surface area (Å²) in [5, 5.41) is 10.3. The van der Waals surface area contributed by atoms with E-state index < -0.39 is 0 Å². The van der Waals surface area contributed by atoms with Crippen molar-refractivity contribution in [2.45, 2.75) is 13.0 Å². The standard InChI is InChI=1S/C21H22N2O2/c24-15-17-10-11-22(13-17)21(25)19-14-23(12-16-6-2-1-3-7-16)20-9-5-4-8-18(19)20/h1-9,14,17,24H,10-13,15H2. The molecule has 1 saturated heterocycles. The number of rotatable bonds is 4. The van der Waals surface area contributed by atoms with Crippen LogP contribution in [0.1, 0.15) is 22.3 Å². The Hall–Kier alpha value is -2.59. The average Bonchev–Trinajstić information content (AvgIpc) is 3.28. The Bertz CT molecular complexity index is 885. The van der Waals surface area contributed by atoms with Crippen LogP contribution in [0.2, 0.25) is 0 Å². The molecule has 4 heteroatoms. The highest BCUT2D eigenvalue weighted by Crippen LogP contribution is 2.26. The van der Waals surface area contributed by atoms with E-state index in [0.29, 0.717) is 6.54 Å². The number of hydrogen-bond donors (Lipinski definition) is 1. The van der Waals surface area contributed by atoms with Crippen molar-refractivity contribution in [2.24, 2.45) is 5.92 Å². The normalized spacial score (nSPS) is 17.3. The van der Waals surface area contributed by atoms with Gasteiger partial charge in [-0.25, -0.2) is 0 Å². The predicted molar refractivity (Wildman–Crippen MR) is 98.6 cm³/mol. The number of nitrogens with zero attached hydrogens (tertiary/aromatic N) is 2. The van der Waals surface area contributed by atoms with Crippen molar-refractivity contribution in [1.29, 1.82) is 0 Å². The molecule has 128 valence electrons. The number of aromatic nitrogens is 1. The molecular weight excluding hydrogens is 312 g/mol. The van der Waals surface area contributed by atoms with Gasteiger partial charge in [-0.2, -0.15) is 0 Å². The van der Waals surface area contributed by atoms with Crippen LogP contribution < -0.4 is 0 Å². The first-order valence-corrected chi connectivity index (χ1v) is 8.78. The molecule has 1 fully saturated rings. The summed E-state index contributed by atoms with van der Waals surface area (Å²) in [5.41, 5.74) is 3.04. The second-order valence-electron chi connectivity index (χ2n) is 6.76. The van der Waals surface area contributed by atoms with Gasteiger partial charge in [-0.05, 0) is 18.1 Å². The molecule has 0 radical (unpaired) electrons. The van der Waals surface area contributed by atoms with Crippen LogP contribution in [0.15, 0.2) is 60.8 Å². The van der Waals surface area contributed by atoms with Gasteiger partial charge in [0.15, 0.2) is 0 Å². The number of likely N-dealkylation sites (tertiary alicyclic amines) is 1. The van der Waals surface area contributed by atoms with E-state index in [1.807, 2.05) is 47.5 Å². The first kappa shape index (κ1) is 15.9. The zero-order chi connectivity index (χ0) is 17.2. The molecule has 4 rings (SSSR count). The Kier molecular flexibility index (Phi) is 4.28. The van der Waals surface area contributed by atoms with Crippen molar-refractivity contribution in [3.05, 3.63) is 71.9 Å². The summed E-state index contributed by atoms with van der Waals surface area (Å²) < 4.78 is 2.15. The maximum absolute atomic E-state index is 13.0. The summed E-state index contributed by atoms with van der Waals surface area (Å²) in [5.74, 6) is 0.278. The molecule has 2 heterocycles. The number of carbonyl (C=O) groups is 1. The van der Waals surface area contributed by atoms with Crippen molar-refractivity contribution in [2.75, 3.05) is 19.7 Å². The molecule has 1 aliphatic heterocycles. The number of para-hydroxylation sites is 1. The predicted octanol–water partition coefficient (Wildman–Crippen LogP) is 3.14. The van der Waals surface area contributed by atoms with Crippen LogP contribution in [-0.2, 0) is 6.54 Å². The van der Waals surface area contributed by atoms with E-state index in [1.54, 1.807) is 0 Å². The Morgan fingerprint density at radius 2 is 1.84 bits per heavy atom. The second kappa shape index (κ2) is 6.73. The van der Waals surface area contributed by atoms with Crippen molar-refractivity contribution in [3.8, 4) is 0 Å². The summed E-state index contributed by atoms with van der Waals surface area (Å²) in [6.07, 6.45) is 2.86. The Morgan fingerprint density at radius 1 is 1.08 bits per heavy atom. The van der Waals surface area contributed by atoms with Gasteiger partial charge in [0.25, 0.3) is 5.91 Å². The number of amides is 1. The molecular formula is C21H22N2O2. The van der Waals surface area contributed by atoms with Crippen LogP contribution in [0, 0.1) is 5.92 Å². The zero-order valence-corrected chi connectivity index (χ0v) is 14.1. The first-order valence-electron chi connectivity index (χ1n) is 8.78. The lowest BCUT2D eigenvalue weighted by Crippen LogP contribution is -2.29. The van der Waals surface area contributed by atoms with E-state index in [1.165, 1.54) is 5.56 Å². The molecule has 1 aromatic heterocycles. The van der Waals surface area contributed by atoms with Crippen LogP contribution in [0.25, 0.3) is 10.9 Å². The van der Waals surface area contributed by atoms with E-state index in [-0.39, 0.29) is 18.4 Å². The minimum atomic E-state index is 0.0685. The van der Waals surface area contributed by atoms with Gasteiger partial charge < -0.3 is 14.6 Å². The third kappa shape index (κ3) is 3.05. The number of fused-ring (bicyclic) bond motifs is 1. The van der Waals surface area contributed by atoms with Crippen LogP contribution in [0.4, 0.5) is 0 Å². The van der Waals surface area contributed by atoms with Gasteiger partial charge in [0.05, 0.1) is 5.56 Å². The minimum absolute atomic E-state index is 0.0685. The molecule has 1 N–H and O–H groups in total. The molecule has 1 unspecified atom stereocenters. The van der Waals surface area contributed by atoms with Gasteiger partial charge in [0.2, 0.25) is 0 Å². The van der Waals surface area contributed by atoms with Gasteiger partial charge in [-0.3, -0.25) is 4.79 Å². The molecule has 4 nitrogen and oxygen atoms in total. The molecule has 0 bridgehead atoms. The minimum Gasteiger partial charge on any atom is -0.396 e. The van der Waals surface area contributed by atoms with Gasteiger partial charge in [-0.15, -0.1) is 0 Å². The van der Waals surface area contributed by atoms with Gasteiger partial charge in [-0.1, -0.05) is 48.5 Å². The SMILES string of the molecule is O=C(c1cn(Cc2ccccc2)c2ccccc12)N1CCC(CO)C1. The van der Waals surface area contributed by atoms with Crippen molar-refractivity contribution in [1.82, 2.24) is 9.47 Å². The summed E-state index contributed by atoms with van der Waals surface area (Å²) in [7, 11) is 0. The highest BCUT2D eigenvalue weighted by molar-refractivity contribution is 6.07. The maximum atomic E-state index is 13.0. The van der Waals surface area contributed by atoms with E-state index in [2.05, 4.69) is 22.8 Å². The van der Waals surface area contributed by atoms with E-state index in [4.69, 9.17) is 0 Å². The highest BCUT2D eigenvalue weighted by Gasteiger charge is 2.28. The number of aliphatic hydroxyl groups excluding tert-OH is 1. The van der Waals surface area contributed by atoms with Gasteiger partial charge in [0, 0.05) is 49.3 Å². The van der Waals surface area contributed by atoms with E-state index in [9.17, 15) is 9.90 Å². The van der Waals surface area contributed by atoms with Crippen molar-refractivity contribution < 1.29 is 9.90 Å². The van der Waals surface area contributed by atoms with Crippen LogP contribution in [0.5, 0.6) is 0 Å². The number of carbonyl (C=O) groups excluding carboxylic acids is 1. The molecule has 0 saturated carbocycles. The van der Waals surface area contributed by atoms with Crippen LogP contribution in [0.3, 0.4) is 0 Å². The summed E-state index contributed by atoms with van der Waals surface area (Å²) in [4.78, 5) is 14.9. The van der Waals surface area contributed by atoms with Crippen LogP contribution in [-0.4, -0.2) is 40.2 Å². The number of hydrogen-bond acceptors (Lipinski definition) is 2. The first-order chi connectivity index (χ1) is 12.3. The third-order valence-corrected chi connectivity index (χ3v) is 5.05. The molecule has 1 amide bonds. The molecule has 0 spiro atoms. The fourth-order valence-corrected chi connectivity index (χ4v) is 3.66. The Labute approximate surface area is 147 Å². The lowest BCUT2D eigenvalue weighted by atomic mass is 10.1. The Balaban J connectivity index is 1.69. The van der Waals surface area contributed by atoms with E-state index in [0.717, 1.165) is 36.0 Å². The third-order valence-electron chi connectivity index (χ3n) is 5.05. The largest absolute Gasteiger partial charge is 0.396 e. The summed E-state index contributed by atoms with van der Waals surface area (Å²) in [6, 6.07) is 18.3. The quantitative estimate of drug-likeness (QED) is 0.797. The summed E-state index contributed by atoms with van der Waals surface area (Å²) in [6.45, 7) is 2.27.